The summed E-state index contributed by atoms with van der Waals surface area (Å²) in [7, 11) is 1.68. The van der Waals surface area contributed by atoms with Gasteiger partial charge in [0.2, 0.25) is 0 Å². The third-order valence-electron chi connectivity index (χ3n) is 3.24. The first-order valence-corrected chi connectivity index (χ1v) is 6.29. The minimum atomic E-state index is -0.0328. The van der Waals surface area contributed by atoms with E-state index in [0.717, 1.165) is 24.2 Å². The Morgan fingerprint density at radius 3 is 2.58 bits per heavy atom. The van der Waals surface area contributed by atoms with Crippen LogP contribution in [0.2, 0.25) is 0 Å². The van der Waals surface area contributed by atoms with Crippen molar-refractivity contribution in [2.45, 2.75) is 18.9 Å². The molecular weight excluding hydrogens is 260 g/mol. The van der Waals surface area contributed by atoms with E-state index < -0.39 is 0 Å². The average Bonchev–Trinajstić information content (AvgIpc) is 2.43. The smallest absolute Gasteiger partial charge is 0.124 e. The molecule has 0 aromatic heterocycles. The minimum Gasteiger partial charge on any atom is -0.496 e. The Kier molecular flexibility index (Phi) is 6.09. The van der Waals surface area contributed by atoms with Crippen LogP contribution in [0.5, 0.6) is 5.75 Å². The first-order valence-electron chi connectivity index (χ1n) is 6.29. The molecule has 3 nitrogen and oxygen atoms in total. The average molecular weight is 281 g/mol. The molecule has 0 bridgehead atoms. The van der Waals surface area contributed by atoms with Crippen molar-refractivity contribution >= 4 is 23.2 Å². The van der Waals surface area contributed by atoms with E-state index in [2.05, 4.69) is 18.2 Å². The van der Waals surface area contributed by atoms with Gasteiger partial charge in [-0.05, 0) is 36.2 Å². The molecule has 0 radical (unpaired) electrons. The fraction of sp³-hybridized carbons (Fsp3) is 0.333. The molecule has 0 unspecified atom stereocenters. The molecule has 19 heavy (non-hydrogen) atoms. The SMILES string of the molecule is COc1ccc2ccccc2c1[C@H](N)CCCN.Cl. The third kappa shape index (κ3) is 3.38. The lowest BCUT2D eigenvalue weighted by atomic mass is 9.95. The number of rotatable bonds is 5. The second-order valence-corrected chi connectivity index (χ2v) is 4.44. The van der Waals surface area contributed by atoms with Crippen molar-refractivity contribution in [3.63, 3.8) is 0 Å². The number of ether oxygens (including phenoxy) is 1. The number of halogens is 1. The Balaban J connectivity index is 0.00000180. The summed E-state index contributed by atoms with van der Waals surface area (Å²) in [6.45, 7) is 0.667. The molecule has 0 fully saturated rings. The van der Waals surface area contributed by atoms with Gasteiger partial charge in [-0.2, -0.15) is 0 Å². The van der Waals surface area contributed by atoms with E-state index in [1.165, 1.54) is 10.8 Å². The summed E-state index contributed by atoms with van der Waals surface area (Å²) in [5.74, 6) is 0.859. The van der Waals surface area contributed by atoms with Crippen molar-refractivity contribution in [3.8, 4) is 5.75 Å². The van der Waals surface area contributed by atoms with Crippen LogP contribution in [-0.2, 0) is 0 Å². The van der Waals surface area contributed by atoms with Gasteiger partial charge in [-0.1, -0.05) is 30.3 Å². The second kappa shape index (κ2) is 7.34. The predicted molar refractivity (Wildman–Crippen MR) is 83.0 cm³/mol. The van der Waals surface area contributed by atoms with Crippen LogP contribution in [0.4, 0.5) is 0 Å². The van der Waals surface area contributed by atoms with Gasteiger partial charge in [-0.15, -0.1) is 12.4 Å². The van der Waals surface area contributed by atoms with Crippen LogP contribution in [0.25, 0.3) is 10.8 Å². The molecule has 2 rings (SSSR count). The molecule has 0 saturated heterocycles. The molecule has 2 aromatic rings. The number of hydrogen-bond donors (Lipinski definition) is 2. The zero-order valence-corrected chi connectivity index (χ0v) is 12.0. The highest BCUT2D eigenvalue weighted by Crippen LogP contribution is 2.33. The largest absolute Gasteiger partial charge is 0.496 e. The molecule has 0 aliphatic rings. The first-order chi connectivity index (χ1) is 8.77. The normalized spacial score (nSPS) is 11.9. The summed E-state index contributed by atoms with van der Waals surface area (Å²) >= 11 is 0. The topological polar surface area (TPSA) is 61.3 Å². The number of fused-ring (bicyclic) bond motifs is 1. The molecule has 0 amide bonds. The lowest BCUT2D eigenvalue weighted by Gasteiger charge is -2.18. The summed E-state index contributed by atoms with van der Waals surface area (Å²) < 4.78 is 5.44. The van der Waals surface area contributed by atoms with Gasteiger partial charge in [-0.25, -0.2) is 0 Å². The van der Waals surface area contributed by atoms with Gasteiger partial charge in [0.05, 0.1) is 7.11 Å². The predicted octanol–water partition coefficient (Wildman–Crippen LogP) is 3.01. The quantitative estimate of drug-likeness (QED) is 0.885. The van der Waals surface area contributed by atoms with Gasteiger partial charge in [-0.3, -0.25) is 0 Å². The van der Waals surface area contributed by atoms with Crippen LogP contribution >= 0.6 is 12.4 Å². The van der Waals surface area contributed by atoms with Crippen molar-refractivity contribution in [1.82, 2.24) is 0 Å². The molecule has 1 atom stereocenters. The molecule has 0 aliphatic heterocycles. The first kappa shape index (κ1) is 15.8. The maximum absolute atomic E-state index is 6.29. The Labute approximate surface area is 120 Å². The van der Waals surface area contributed by atoms with E-state index in [4.69, 9.17) is 16.2 Å². The zero-order chi connectivity index (χ0) is 13.0. The van der Waals surface area contributed by atoms with Crippen molar-refractivity contribution in [2.75, 3.05) is 13.7 Å². The standard InChI is InChI=1S/C15H20N2O.ClH/c1-18-14-9-8-11-5-2-3-6-12(11)15(14)13(17)7-4-10-16;/h2-3,5-6,8-9,13H,4,7,10,16-17H2,1H3;1H/t13-;/m1./s1. The Bertz CT molecular complexity index is 531. The number of hydrogen-bond acceptors (Lipinski definition) is 3. The van der Waals surface area contributed by atoms with E-state index in [1.54, 1.807) is 7.11 Å². The molecule has 0 spiro atoms. The minimum absolute atomic E-state index is 0. The molecule has 4 heteroatoms. The summed E-state index contributed by atoms with van der Waals surface area (Å²) in [6, 6.07) is 12.3. The Morgan fingerprint density at radius 1 is 1.16 bits per heavy atom. The van der Waals surface area contributed by atoms with Crippen LogP contribution in [0.15, 0.2) is 36.4 Å². The Morgan fingerprint density at radius 2 is 1.89 bits per heavy atom. The van der Waals surface area contributed by atoms with E-state index in [9.17, 15) is 0 Å². The molecule has 0 saturated carbocycles. The summed E-state index contributed by atoms with van der Waals surface area (Å²) in [5, 5.41) is 2.36. The van der Waals surface area contributed by atoms with Crippen molar-refractivity contribution in [1.29, 1.82) is 0 Å². The molecule has 104 valence electrons. The van der Waals surface area contributed by atoms with Gasteiger partial charge < -0.3 is 16.2 Å². The zero-order valence-electron chi connectivity index (χ0n) is 11.1. The maximum atomic E-state index is 6.29. The molecule has 0 heterocycles. The summed E-state index contributed by atoms with van der Waals surface area (Å²) in [5.41, 5.74) is 12.9. The fourth-order valence-corrected chi connectivity index (χ4v) is 2.32. The van der Waals surface area contributed by atoms with Crippen molar-refractivity contribution in [3.05, 3.63) is 42.0 Å². The van der Waals surface area contributed by atoms with E-state index in [-0.39, 0.29) is 18.4 Å². The molecular formula is C15H21ClN2O. The molecule has 0 aliphatic carbocycles. The van der Waals surface area contributed by atoms with Crippen LogP contribution in [0.1, 0.15) is 24.4 Å². The Hall–Kier alpha value is -1.29. The van der Waals surface area contributed by atoms with E-state index in [0.29, 0.717) is 6.54 Å². The second-order valence-electron chi connectivity index (χ2n) is 4.44. The lowest BCUT2D eigenvalue weighted by molar-refractivity contribution is 0.405. The lowest BCUT2D eigenvalue weighted by Crippen LogP contribution is -2.14. The van der Waals surface area contributed by atoms with Crippen LogP contribution in [0, 0.1) is 0 Å². The van der Waals surface area contributed by atoms with Gasteiger partial charge in [0, 0.05) is 11.6 Å². The van der Waals surface area contributed by atoms with Crippen molar-refractivity contribution < 1.29 is 4.74 Å². The highest BCUT2D eigenvalue weighted by molar-refractivity contribution is 5.88. The number of nitrogens with two attached hydrogens (primary N) is 2. The van der Waals surface area contributed by atoms with Gasteiger partial charge in [0.1, 0.15) is 5.75 Å². The molecule has 4 N–H and O–H groups in total. The van der Waals surface area contributed by atoms with Crippen LogP contribution in [0.3, 0.4) is 0 Å². The van der Waals surface area contributed by atoms with Gasteiger partial charge in [0.15, 0.2) is 0 Å². The van der Waals surface area contributed by atoms with Gasteiger partial charge in [0.25, 0.3) is 0 Å². The number of benzene rings is 2. The fourth-order valence-electron chi connectivity index (χ4n) is 2.32. The van der Waals surface area contributed by atoms with Gasteiger partial charge >= 0.3 is 0 Å². The van der Waals surface area contributed by atoms with E-state index >= 15 is 0 Å². The van der Waals surface area contributed by atoms with E-state index in [1.807, 2.05) is 18.2 Å². The van der Waals surface area contributed by atoms with Crippen molar-refractivity contribution in [2.24, 2.45) is 11.5 Å². The maximum Gasteiger partial charge on any atom is 0.124 e. The third-order valence-corrected chi connectivity index (χ3v) is 3.24. The highest BCUT2D eigenvalue weighted by atomic mass is 35.5. The van der Waals surface area contributed by atoms with Crippen LogP contribution < -0.4 is 16.2 Å². The molecule has 2 aromatic carbocycles. The highest BCUT2D eigenvalue weighted by Gasteiger charge is 2.15. The summed E-state index contributed by atoms with van der Waals surface area (Å²) in [4.78, 5) is 0. The summed E-state index contributed by atoms with van der Waals surface area (Å²) in [6.07, 6.45) is 1.80. The number of methoxy groups -OCH3 is 1. The monoisotopic (exact) mass is 280 g/mol. The van der Waals surface area contributed by atoms with Crippen LogP contribution in [-0.4, -0.2) is 13.7 Å².